The second-order valence-corrected chi connectivity index (χ2v) is 5.52. The maximum atomic E-state index is 12.8. The van der Waals surface area contributed by atoms with Gasteiger partial charge in [0, 0.05) is 39.3 Å². The van der Waals surface area contributed by atoms with Crippen molar-refractivity contribution in [3.8, 4) is 0 Å². The van der Waals surface area contributed by atoms with Crippen molar-refractivity contribution in [3.63, 3.8) is 0 Å². The third-order valence-electron chi connectivity index (χ3n) is 3.67. The number of nitrogens with zero attached hydrogens (tertiary/aromatic N) is 2. The first-order valence-electron chi connectivity index (χ1n) is 7.11. The van der Waals surface area contributed by atoms with E-state index in [1.165, 1.54) is 12.1 Å². The van der Waals surface area contributed by atoms with Crippen LogP contribution in [0.15, 0.2) is 24.3 Å². The molecule has 1 aromatic rings. The number of aliphatic hydroxyl groups excluding tert-OH is 2. The molecule has 0 bridgehead atoms. The Bertz CT molecular complexity index is 403. The van der Waals surface area contributed by atoms with Gasteiger partial charge in [0.2, 0.25) is 0 Å². The highest BCUT2D eigenvalue weighted by atomic mass is 19.1. The summed E-state index contributed by atoms with van der Waals surface area (Å²) >= 11 is 0. The topological polar surface area (TPSA) is 46.9 Å². The summed E-state index contributed by atoms with van der Waals surface area (Å²) in [5.74, 6) is -0.285. The normalized spacial score (nSPS) is 20.8. The highest BCUT2D eigenvalue weighted by molar-refractivity contribution is 5.18. The van der Waals surface area contributed by atoms with Crippen LogP contribution >= 0.6 is 0 Å². The molecule has 0 unspecified atom stereocenters. The fourth-order valence-corrected chi connectivity index (χ4v) is 2.56. The molecule has 0 aliphatic carbocycles. The Balaban J connectivity index is 1.79. The van der Waals surface area contributed by atoms with Crippen molar-refractivity contribution in [1.82, 2.24) is 9.80 Å². The van der Waals surface area contributed by atoms with Gasteiger partial charge in [0.15, 0.2) is 0 Å². The maximum Gasteiger partial charge on any atom is 0.123 e. The van der Waals surface area contributed by atoms with Crippen LogP contribution in [0.25, 0.3) is 0 Å². The molecule has 1 saturated heterocycles. The van der Waals surface area contributed by atoms with Gasteiger partial charge in [0.05, 0.1) is 12.2 Å². The van der Waals surface area contributed by atoms with Crippen LogP contribution in [0.1, 0.15) is 18.6 Å². The molecule has 0 saturated carbocycles. The van der Waals surface area contributed by atoms with Crippen LogP contribution in [-0.2, 0) is 0 Å². The van der Waals surface area contributed by atoms with E-state index in [2.05, 4.69) is 9.80 Å². The van der Waals surface area contributed by atoms with Crippen LogP contribution in [0.3, 0.4) is 0 Å². The van der Waals surface area contributed by atoms with Gasteiger partial charge >= 0.3 is 0 Å². The summed E-state index contributed by atoms with van der Waals surface area (Å²) in [7, 11) is 0. The van der Waals surface area contributed by atoms with Crippen LogP contribution < -0.4 is 0 Å². The van der Waals surface area contributed by atoms with Crippen molar-refractivity contribution in [2.45, 2.75) is 19.1 Å². The minimum atomic E-state index is -0.584. The Hall–Kier alpha value is -1.01. The Labute approximate surface area is 119 Å². The molecule has 2 atom stereocenters. The van der Waals surface area contributed by atoms with E-state index in [0.717, 1.165) is 31.7 Å². The van der Waals surface area contributed by atoms with E-state index < -0.39 is 6.10 Å². The monoisotopic (exact) mass is 282 g/mol. The predicted octanol–water partition coefficient (Wildman–Crippen LogP) is 0.857. The van der Waals surface area contributed by atoms with E-state index >= 15 is 0 Å². The average molecular weight is 282 g/mol. The number of hydrogen-bond acceptors (Lipinski definition) is 4. The largest absolute Gasteiger partial charge is 0.392 e. The lowest BCUT2D eigenvalue weighted by molar-refractivity contribution is 0.0526. The first-order valence-corrected chi connectivity index (χ1v) is 7.11. The fraction of sp³-hybridized carbons (Fsp3) is 0.600. The van der Waals surface area contributed by atoms with Gasteiger partial charge in [-0.05, 0) is 24.6 Å². The lowest BCUT2D eigenvalue weighted by Crippen LogP contribution is -2.49. The summed E-state index contributed by atoms with van der Waals surface area (Å²) in [5, 5.41) is 19.5. The molecule has 1 aliphatic rings. The van der Waals surface area contributed by atoms with Gasteiger partial charge in [-0.1, -0.05) is 12.1 Å². The Kier molecular flexibility index (Phi) is 5.48. The first-order chi connectivity index (χ1) is 9.54. The molecule has 1 fully saturated rings. The van der Waals surface area contributed by atoms with Gasteiger partial charge < -0.3 is 10.2 Å². The molecule has 2 N–H and O–H groups in total. The Morgan fingerprint density at radius 2 is 1.50 bits per heavy atom. The lowest BCUT2D eigenvalue weighted by atomic mass is 10.1. The SMILES string of the molecule is C[C@H](O)CN1CCN(C[C@@H](O)c2ccc(F)cc2)CC1. The van der Waals surface area contributed by atoms with Crippen LogP contribution in [0.2, 0.25) is 0 Å². The molecular weight excluding hydrogens is 259 g/mol. The molecule has 20 heavy (non-hydrogen) atoms. The Morgan fingerprint density at radius 3 is 2.00 bits per heavy atom. The fourth-order valence-electron chi connectivity index (χ4n) is 2.56. The summed E-state index contributed by atoms with van der Waals surface area (Å²) < 4.78 is 12.8. The van der Waals surface area contributed by atoms with Crippen LogP contribution in [-0.4, -0.2) is 65.4 Å². The van der Waals surface area contributed by atoms with E-state index in [1.54, 1.807) is 19.1 Å². The number of β-amino-alcohol motifs (C(OH)–C–C–N with tert-alkyl or cyclic N) is 2. The van der Waals surface area contributed by atoms with E-state index in [9.17, 15) is 14.6 Å². The summed E-state index contributed by atoms with van der Waals surface area (Å²) in [6.07, 6.45) is -0.884. The van der Waals surface area contributed by atoms with Gasteiger partial charge in [0.25, 0.3) is 0 Å². The van der Waals surface area contributed by atoms with E-state index in [1.807, 2.05) is 0 Å². The zero-order valence-corrected chi connectivity index (χ0v) is 11.9. The molecule has 1 heterocycles. The van der Waals surface area contributed by atoms with Crippen molar-refractivity contribution in [2.24, 2.45) is 0 Å². The summed E-state index contributed by atoms with van der Waals surface area (Å²) in [5.41, 5.74) is 0.748. The number of aliphatic hydroxyl groups is 2. The molecule has 4 nitrogen and oxygen atoms in total. The summed E-state index contributed by atoms with van der Waals surface area (Å²) in [6.45, 7) is 6.63. The van der Waals surface area contributed by atoms with E-state index in [-0.39, 0.29) is 11.9 Å². The highest BCUT2D eigenvalue weighted by Gasteiger charge is 2.20. The van der Waals surface area contributed by atoms with Crippen molar-refractivity contribution < 1.29 is 14.6 Å². The number of hydrogen-bond donors (Lipinski definition) is 2. The minimum absolute atomic E-state index is 0.285. The predicted molar refractivity (Wildman–Crippen MR) is 75.9 cm³/mol. The van der Waals surface area contributed by atoms with Gasteiger partial charge in [-0.25, -0.2) is 4.39 Å². The van der Waals surface area contributed by atoms with Crippen LogP contribution in [0, 0.1) is 5.82 Å². The van der Waals surface area contributed by atoms with Gasteiger partial charge in [-0.3, -0.25) is 9.80 Å². The van der Waals surface area contributed by atoms with Gasteiger partial charge in [0.1, 0.15) is 5.82 Å². The smallest absolute Gasteiger partial charge is 0.123 e. The standard InChI is InChI=1S/C15H23FN2O2/c1-12(19)10-17-6-8-18(9-7-17)11-15(20)13-2-4-14(16)5-3-13/h2-5,12,15,19-20H,6-11H2,1H3/t12-,15+/m0/s1. The lowest BCUT2D eigenvalue weighted by Gasteiger charge is -2.36. The number of rotatable bonds is 5. The maximum absolute atomic E-state index is 12.8. The van der Waals surface area contributed by atoms with Crippen molar-refractivity contribution >= 4 is 0 Å². The highest BCUT2D eigenvalue weighted by Crippen LogP contribution is 2.16. The van der Waals surface area contributed by atoms with Crippen molar-refractivity contribution in [2.75, 3.05) is 39.3 Å². The van der Waals surface area contributed by atoms with Crippen molar-refractivity contribution in [3.05, 3.63) is 35.6 Å². The molecule has 2 rings (SSSR count). The zero-order valence-electron chi connectivity index (χ0n) is 11.9. The van der Waals surface area contributed by atoms with Crippen LogP contribution in [0.5, 0.6) is 0 Å². The third-order valence-corrected chi connectivity index (χ3v) is 3.67. The van der Waals surface area contributed by atoms with Crippen molar-refractivity contribution in [1.29, 1.82) is 0 Å². The quantitative estimate of drug-likeness (QED) is 0.841. The number of benzene rings is 1. The van der Waals surface area contributed by atoms with E-state index in [4.69, 9.17) is 0 Å². The van der Waals surface area contributed by atoms with Gasteiger partial charge in [-0.2, -0.15) is 0 Å². The molecule has 1 aromatic carbocycles. The van der Waals surface area contributed by atoms with Crippen LogP contribution in [0.4, 0.5) is 4.39 Å². The zero-order chi connectivity index (χ0) is 14.5. The number of halogens is 1. The van der Waals surface area contributed by atoms with Gasteiger partial charge in [-0.15, -0.1) is 0 Å². The molecule has 0 amide bonds. The average Bonchev–Trinajstić information content (AvgIpc) is 2.41. The van der Waals surface area contributed by atoms with E-state index in [0.29, 0.717) is 13.1 Å². The number of piperazine rings is 1. The summed E-state index contributed by atoms with van der Waals surface area (Å²) in [4.78, 5) is 4.43. The second kappa shape index (κ2) is 7.13. The molecule has 1 aliphatic heterocycles. The third kappa shape index (κ3) is 4.52. The molecule has 0 radical (unpaired) electrons. The molecule has 0 spiro atoms. The molecule has 0 aromatic heterocycles. The summed E-state index contributed by atoms with van der Waals surface area (Å²) in [6, 6.07) is 6.01. The first kappa shape index (κ1) is 15.4. The second-order valence-electron chi connectivity index (χ2n) is 5.52. The molecule has 5 heteroatoms. The Morgan fingerprint density at radius 1 is 1.00 bits per heavy atom. The minimum Gasteiger partial charge on any atom is -0.392 e. The molecular formula is C15H23FN2O2. The molecule has 112 valence electrons.